The fourth-order valence-corrected chi connectivity index (χ4v) is 1.67. The van der Waals surface area contributed by atoms with Crippen molar-refractivity contribution in [2.75, 3.05) is 0 Å². The maximum atomic E-state index is 13.4. The van der Waals surface area contributed by atoms with E-state index in [1.165, 1.54) is 6.92 Å². The van der Waals surface area contributed by atoms with Gasteiger partial charge in [0.15, 0.2) is 11.6 Å². The third-order valence-electron chi connectivity index (χ3n) is 2.48. The fourth-order valence-electron chi connectivity index (χ4n) is 1.67. The van der Waals surface area contributed by atoms with Crippen LogP contribution in [0.5, 0.6) is 0 Å². The van der Waals surface area contributed by atoms with Gasteiger partial charge in [0.05, 0.1) is 6.10 Å². The molecule has 0 amide bonds. The van der Waals surface area contributed by atoms with Crippen molar-refractivity contribution in [1.82, 2.24) is 0 Å². The number of halogens is 4. The third kappa shape index (κ3) is 2.76. The molecule has 1 unspecified atom stereocenters. The quantitative estimate of drug-likeness (QED) is 0.805. The number of rotatable bonds is 4. The number of nitrogens with two attached hydrogens (primary N) is 1. The van der Waals surface area contributed by atoms with E-state index in [-0.39, 0.29) is 0 Å². The highest BCUT2D eigenvalue weighted by molar-refractivity contribution is 5.28. The van der Waals surface area contributed by atoms with E-state index in [0.717, 1.165) is 18.2 Å². The zero-order chi connectivity index (χ0) is 13.2. The number of aliphatic hydroxyl groups is 1. The summed E-state index contributed by atoms with van der Waals surface area (Å²) in [5.41, 5.74) is 2.38. The summed E-state index contributed by atoms with van der Waals surface area (Å²) in [6, 6.07) is 2.90. The van der Waals surface area contributed by atoms with E-state index in [1.54, 1.807) is 0 Å². The first kappa shape index (κ1) is 13.9. The molecule has 0 radical (unpaired) electrons. The molecule has 0 aliphatic rings. The van der Waals surface area contributed by atoms with Crippen LogP contribution in [-0.2, 0) is 5.54 Å². The van der Waals surface area contributed by atoms with Crippen molar-refractivity contribution >= 4 is 0 Å². The van der Waals surface area contributed by atoms with Gasteiger partial charge in [0.1, 0.15) is 5.54 Å². The monoisotopic (exact) mass is 251 g/mol. The zero-order valence-corrected chi connectivity index (χ0v) is 9.13. The number of benzene rings is 1. The van der Waals surface area contributed by atoms with Gasteiger partial charge in [-0.15, -0.1) is 0 Å². The van der Waals surface area contributed by atoms with E-state index in [4.69, 9.17) is 10.8 Å². The van der Waals surface area contributed by atoms with Crippen LogP contribution in [0.3, 0.4) is 0 Å². The predicted octanol–water partition coefficient (Wildman–Crippen LogP) is 2.15. The van der Waals surface area contributed by atoms with E-state index in [9.17, 15) is 17.6 Å². The summed E-state index contributed by atoms with van der Waals surface area (Å²) in [4.78, 5) is 0. The smallest absolute Gasteiger partial charge is 0.260 e. The maximum Gasteiger partial charge on any atom is 0.260 e. The molecule has 2 atom stereocenters. The first-order valence-corrected chi connectivity index (χ1v) is 4.98. The minimum atomic E-state index is -3.12. The van der Waals surface area contributed by atoms with Crippen molar-refractivity contribution in [2.45, 2.75) is 31.4 Å². The van der Waals surface area contributed by atoms with Crippen molar-refractivity contribution in [1.29, 1.82) is 0 Å². The van der Waals surface area contributed by atoms with Crippen LogP contribution >= 0.6 is 0 Å². The Morgan fingerprint density at radius 2 is 1.94 bits per heavy atom. The molecule has 3 N–H and O–H groups in total. The molecule has 0 fully saturated rings. The third-order valence-corrected chi connectivity index (χ3v) is 2.48. The number of hydrogen-bond donors (Lipinski definition) is 2. The van der Waals surface area contributed by atoms with Gasteiger partial charge < -0.3 is 10.8 Å². The first-order chi connectivity index (χ1) is 7.79. The van der Waals surface area contributed by atoms with E-state index >= 15 is 0 Å². The second-order valence-electron chi connectivity index (χ2n) is 4.00. The van der Waals surface area contributed by atoms with Crippen LogP contribution < -0.4 is 5.73 Å². The predicted molar refractivity (Wildman–Crippen MR) is 54.5 cm³/mol. The molecule has 0 spiro atoms. The Labute approximate surface area is 96.1 Å². The molecule has 0 saturated carbocycles. The van der Waals surface area contributed by atoms with Gasteiger partial charge in [-0.1, -0.05) is 12.1 Å². The Balaban J connectivity index is 3.27. The molecule has 0 aliphatic heterocycles. The minimum Gasteiger partial charge on any atom is -0.393 e. The summed E-state index contributed by atoms with van der Waals surface area (Å²) in [5.74, 6) is -2.65. The van der Waals surface area contributed by atoms with E-state index in [1.807, 2.05) is 0 Å². The molecule has 1 aromatic rings. The van der Waals surface area contributed by atoms with Gasteiger partial charge in [-0.2, -0.15) is 0 Å². The number of aliphatic hydroxyl groups excluding tert-OH is 1. The molecule has 1 rings (SSSR count). The molecule has 0 bridgehead atoms. The number of hydrogen-bond acceptors (Lipinski definition) is 2. The number of alkyl halides is 2. The lowest BCUT2D eigenvalue weighted by Gasteiger charge is -2.30. The molecular formula is C11H13F4NO. The van der Waals surface area contributed by atoms with Crippen molar-refractivity contribution in [3.05, 3.63) is 35.4 Å². The summed E-state index contributed by atoms with van der Waals surface area (Å²) >= 11 is 0. The van der Waals surface area contributed by atoms with Gasteiger partial charge in [0.2, 0.25) is 0 Å². The summed E-state index contributed by atoms with van der Waals surface area (Å²) in [7, 11) is 0. The van der Waals surface area contributed by atoms with Crippen LogP contribution in [0.1, 0.15) is 18.9 Å². The van der Waals surface area contributed by atoms with Crippen molar-refractivity contribution in [3.8, 4) is 0 Å². The van der Waals surface area contributed by atoms with Crippen LogP contribution in [0.2, 0.25) is 0 Å². The SMILES string of the molecule is C[C@@H](O)CC(N)(c1cccc(F)c1F)C(F)F. The summed E-state index contributed by atoms with van der Waals surface area (Å²) in [6.07, 6.45) is -4.84. The normalized spacial score (nSPS) is 16.9. The average molecular weight is 251 g/mol. The van der Waals surface area contributed by atoms with Gasteiger partial charge in [0.25, 0.3) is 6.43 Å². The highest BCUT2D eigenvalue weighted by Crippen LogP contribution is 2.33. The summed E-state index contributed by atoms with van der Waals surface area (Å²) in [5, 5.41) is 9.13. The molecule has 96 valence electrons. The van der Waals surface area contributed by atoms with Crippen LogP contribution in [-0.4, -0.2) is 17.6 Å². The highest BCUT2D eigenvalue weighted by atomic mass is 19.3. The Kier molecular flexibility index (Phi) is 4.11. The van der Waals surface area contributed by atoms with E-state index in [2.05, 4.69) is 0 Å². The average Bonchev–Trinajstić information content (AvgIpc) is 2.20. The van der Waals surface area contributed by atoms with Crippen LogP contribution in [0.25, 0.3) is 0 Å². The molecule has 2 nitrogen and oxygen atoms in total. The minimum absolute atomic E-state index is 0.564. The Morgan fingerprint density at radius 3 is 2.41 bits per heavy atom. The van der Waals surface area contributed by atoms with Crippen LogP contribution in [0, 0.1) is 11.6 Å². The molecule has 1 aromatic carbocycles. The van der Waals surface area contributed by atoms with E-state index in [0.29, 0.717) is 0 Å². The van der Waals surface area contributed by atoms with Crippen molar-refractivity contribution < 1.29 is 22.7 Å². The largest absolute Gasteiger partial charge is 0.393 e. The molecular weight excluding hydrogens is 238 g/mol. The van der Waals surface area contributed by atoms with E-state index < -0.39 is 41.7 Å². The second-order valence-corrected chi connectivity index (χ2v) is 4.00. The van der Waals surface area contributed by atoms with Gasteiger partial charge in [-0.3, -0.25) is 0 Å². The van der Waals surface area contributed by atoms with Gasteiger partial charge in [0, 0.05) is 12.0 Å². The first-order valence-electron chi connectivity index (χ1n) is 4.98. The highest BCUT2D eigenvalue weighted by Gasteiger charge is 2.41. The van der Waals surface area contributed by atoms with Crippen LogP contribution in [0.4, 0.5) is 17.6 Å². The van der Waals surface area contributed by atoms with Crippen LogP contribution in [0.15, 0.2) is 18.2 Å². The lowest BCUT2D eigenvalue weighted by atomic mass is 9.85. The Morgan fingerprint density at radius 1 is 1.35 bits per heavy atom. The van der Waals surface area contributed by atoms with Gasteiger partial charge in [-0.25, -0.2) is 17.6 Å². The van der Waals surface area contributed by atoms with Gasteiger partial charge in [-0.05, 0) is 13.0 Å². The molecule has 0 heterocycles. The lowest BCUT2D eigenvalue weighted by molar-refractivity contribution is 0.0171. The lowest BCUT2D eigenvalue weighted by Crippen LogP contribution is -2.47. The van der Waals surface area contributed by atoms with Crippen molar-refractivity contribution in [3.63, 3.8) is 0 Å². The summed E-state index contributed by atoms with van der Waals surface area (Å²) < 4.78 is 52.2. The Hall–Kier alpha value is -1.14. The molecule has 0 aliphatic carbocycles. The maximum absolute atomic E-state index is 13.4. The fraction of sp³-hybridized carbons (Fsp3) is 0.455. The molecule has 6 heteroatoms. The Bertz CT molecular complexity index is 397. The van der Waals surface area contributed by atoms with Crippen molar-refractivity contribution in [2.24, 2.45) is 5.73 Å². The second kappa shape index (κ2) is 5.01. The standard InChI is InChI=1S/C11H13F4NO/c1-6(17)5-11(16,10(14)15)7-3-2-4-8(12)9(7)13/h2-4,6,10,17H,5,16H2,1H3/t6-,11?/m1/s1. The molecule has 17 heavy (non-hydrogen) atoms. The summed E-state index contributed by atoms with van der Waals surface area (Å²) in [6.45, 7) is 1.25. The van der Waals surface area contributed by atoms with Gasteiger partial charge >= 0.3 is 0 Å². The molecule has 0 aromatic heterocycles. The zero-order valence-electron chi connectivity index (χ0n) is 9.13. The topological polar surface area (TPSA) is 46.2 Å². The molecule has 0 saturated heterocycles.